The molecule has 2 fully saturated rings. The smallest absolute Gasteiger partial charge is 0.321 e. The molecule has 15 heavy (non-hydrogen) atoms. The first-order valence-electron chi connectivity index (χ1n) is 5.21. The highest BCUT2D eigenvalue weighted by Crippen LogP contribution is 2.43. The van der Waals surface area contributed by atoms with Crippen LogP contribution in [-0.2, 0) is 9.53 Å². The minimum Gasteiger partial charge on any atom is -0.480 e. The fourth-order valence-electron chi connectivity index (χ4n) is 2.34. The Morgan fingerprint density at radius 1 is 1.60 bits per heavy atom. The molecule has 2 N–H and O–H groups in total. The van der Waals surface area contributed by atoms with Crippen molar-refractivity contribution >= 4 is 17.7 Å². The Kier molecular flexibility index (Phi) is 2.73. The van der Waals surface area contributed by atoms with Crippen LogP contribution in [0.25, 0.3) is 0 Å². The summed E-state index contributed by atoms with van der Waals surface area (Å²) in [6, 6.07) is -0.399. The van der Waals surface area contributed by atoms with Crippen molar-refractivity contribution in [3.63, 3.8) is 0 Å². The van der Waals surface area contributed by atoms with Crippen molar-refractivity contribution in [2.75, 3.05) is 12.4 Å². The van der Waals surface area contributed by atoms with Gasteiger partial charge in [-0.1, -0.05) is 0 Å². The summed E-state index contributed by atoms with van der Waals surface area (Å²) in [5.74, 6) is -0.0885. The normalized spacial score (nSPS) is 39.5. The molecule has 4 nitrogen and oxygen atoms in total. The van der Waals surface area contributed by atoms with Crippen LogP contribution in [0.4, 0.5) is 0 Å². The van der Waals surface area contributed by atoms with Crippen molar-refractivity contribution in [1.29, 1.82) is 0 Å². The molecule has 1 unspecified atom stereocenters. The summed E-state index contributed by atoms with van der Waals surface area (Å²) < 4.78 is 5.65. The number of carboxylic acids is 1. The minimum atomic E-state index is -0.747. The Morgan fingerprint density at radius 2 is 2.33 bits per heavy atom. The Bertz CT molecular complexity index is 282. The lowest BCUT2D eigenvalue weighted by atomic mass is 9.93. The number of thioether (sulfide) groups is 1. The first-order chi connectivity index (χ1) is 6.93. The van der Waals surface area contributed by atoms with Gasteiger partial charge in [0, 0.05) is 18.8 Å². The Morgan fingerprint density at radius 3 is 2.87 bits per heavy atom. The van der Waals surface area contributed by atoms with Gasteiger partial charge in [-0.05, 0) is 20.3 Å². The largest absolute Gasteiger partial charge is 0.480 e. The van der Waals surface area contributed by atoms with Crippen LogP contribution in [0.5, 0.6) is 0 Å². The highest BCUT2D eigenvalue weighted by molar-refractivity contribution is 8.01. The van der Waals surface area contributed by atoms with Gasteiger partial charge in [-0.3, -0.25) is 10.1 Å². The van der Waals surface area contributed by atoms with E-state index < -0.39 is 12.0 Å². The molecule has 0 bridgehead atoms. The van der Waals surface area contributed by atoms with E-state index in [0.717, 1.165) is 12.8 Å². The molecule has 0 aromatic carbocycles. The van der Waals surface area contributed by atoms with Crippen LogP contribution in [0.3, 0.4) is 0 Å². The summed E-state index contributed by atoms with van der Waals surface area (Å²) in [6.45, 7) is 4.83. The SMILES string of the molecule is CC1(C)CC2(CCO1)N[C@H](C(=O)O)CS2. The number of carbonyl (C=O) groups is 1. The number of hydrogen-bond acceptors (Lipinski definition) is 4. The number of carboxylic acid groups (broad SMARTS) is 1. The van der Waals surface area contributed by atoms with E-state index in [1.807, 2.05) is 0 Å². The molecule has 2 rings (SSSR count). The van der Waals surface area contributed by atoms with E-state index in [-0.39, 0.29) is 10.5 Å². The minimum absolute atomic E-state index is 0.0786. The van der Waals surface area contributed by atoms with Gasteiger partial charge in [0.05, 0.1) is 10.5 Å². The number of nitrogens with one attached hydrogen (secondary N) is 1. The molecule has 2 aliphatic rings. The summed E-state index contributed by atoms with van der Waals surface area (Å²) in [4.78, 5) is 10.8. The van der Waals surface area contributed by atoms with Crippen molar-refractivity contribution in [3.05, 3.63) is 0 Å². The van der Waals surface area contributed by atoms with Gasteiger partial charge >= 0.3 is 5.97 Å². The molecular weight excluding hydrogens is 214 g/mol. The van der Waals surface area contributed by atoms with Gasteiger partial charge in [0.25, 0.3) is 0 Å². The van der Waals surface area contributed by atoms with Crippen molar-refractivity contribution in [3.8, 4) is 0 Å². The number of hydrogen-bond donors (Lipinski definition) is 2. The third-order valence-corrected chi connectivity index (χ3v) is 4.49. The van der Waals surface area contributed by atoms with Gasteiger partial charge in [0.15, 0.2) is 0 Å². The zero-order valence-corrected chi connectivity index (χ0v) is 9.89. The maximum absolute atomic E-state index is 10.9. The van der Waals surface area contributed by atoms with Crippen LogP contribution in [0, 0.1) is 0 Å². The van der Waals surface area contributed by atoms with Crippen LogP contribution in [0.15, 0.2) is 0 Å². The lowest BCUT2D eigenvalue weighted by Crippen LogP contribution is -2.53. The number of rotatable bonds is 1. The molecule has 1 spiro atoms. The molecule has 0 saturated carbocycles. The number of ether oxygens (including phenoxy) is 1. The predicted molar refractivity (Wildman–Crippen MR) is 59.0 cm³/mol. The van der Waals surface area contributed by atoms with E-state index in [1.165, 1.54) is 0 Å². The van der Waals surface area contributed by atoms with Gasteiger partial charge in [0.1, 0.15) is 6.04 Å². The van der Waals surface area contributed by atoms with Gasteiger partial charge in [-0.15, -0.1) is 11.8 Å². The average Bonchev–Trinajstić information content (AvgIpc) is 2.46. The lowest BCUT2D eigenvalue weighted by Gasteiger charge is -2.42. The average molecular weight is 231 g/mol. The summed E-state index contributed by atoms with van der Waals surface area (Å²) >= 11 is 1.73. The summed E-state index contributed by atoms with van der Waals surface area (Å²) in [7, 11) is 0. The Labute approximate surface area is 93.8 Å². The summed E-state index contributed by atoms with van der Waals surface area (Å²) in [5.41, 5.74) is -0.147. The fourth-order valence-corrected chi connectivity index (χ4v) is 3.96. The first-order valence-corrected chi connectivity index (χ1v) is 6.20. The fraction of sp³-hybridized carbons (Fsp3) is 0.900. The van der Waals surface area contributed by atoms with Crippen LogP contribution < -0.4 is 5.32 Å². The second-order valence-corrected chi connectivity index (χ2v) is 6.28. The van der Waals surface area contributed by atoms with Crippen LogP contribution >= 0.6 is 11.8 Å². The number of aliphatic carboxylic acids is 1. The van der Waals surface area contributed by atoms with Crippen molar-refractivity contribution in [2.24, 2.45) is 0 Å². The van der Waals surface area contributed by atoms with Gasteiger partial charge < -0.3 is 9.84 Å². The maximum atomic E-state index is 10.9. The van der Waals surface area contributed by atoms with E-state index in [0.29, 0.717) is 12.4 Å². The maximum Gasteiger partial charge on any atom is 0.321 e. The Balaban J connectivity index is 2.06. The van der Waals surface area contributed by atoms with Crippen molar-refractivity contribution < 1.29 is 14.6 Å². The first kappa shape index (κ1) is 11.2. The molecular formula is C10H17NO3S. The molecule has 0 aromatic heterocycles. The molecule has 5 heteroatoms. The third-order valence-electron chi connectivity index (χ3n) is 2.97. The second kappa shape index (κ2) is 3.64. The highest BCUT2D eigenvalue weighted by Gasteiger charge is 2.47. The molecule has 0 amide bonds. The van der Waals surface area contributed by atoms with Crippen LogP contribution in [0.1, 0.15) is 26.7 Å². The highest BCUT2D eigenvalue weighted by atomic mass is 32.2. The molecule has 2 heterocycles. The van der Waals surface area contributed by atoms with E-state index in [4.69, 9.17) is 9.84 Å². The van der Waals surface area contributed by atoms with E-state index in [2.05, 4.69) is 19.2 Å². The molecule has 2 saturated heterocycles. The van der Waals surface area contributed by atoms with Gasteiger partial charge in [-0.2, -0.15) is 0 Å². The van der Waals surface area contributed by atoms with Gasteiger partial charge in [-0.25, -0.2) is 0 Å². The monoisotopic (exact) mass is 231 g/mol. The van der Waals surface area contributed by atoms with Crippen LogP contribution in [0.2, 0.25) is 0 Å². The van der Waals surface area contributed by atoms with E-state index in [1.54, 1.807) is 11.8 Å². The lowest BCUT2D eigenvalue weighted by molar-refractivity contribution is -0.139. The molecule has 0 aromatic rings. The molecule has 2 atom stereocenters. The van der Waals surface area contributed by atoms with Crippen LogP contribution in [-0.4, -0.2) is 39.9 Å². The summed E-state index contributed by atoms with van der Waals surface area (Å²) in [6.07, 6.45) is 1.76. The quantitative estimate of drug-likeness (QED) is 0.706. The Hall–Kier alpha value is -0.260. The predicted octanol–water partition coefficient (Wildman–Crippen LogP) is 1.06. The van der Waals surface area contributed by atoms with Crippen molar-refractivity contribution in [2.45, 2.75) is 43.2 Å². The van der Waals surface area contributed by atoms with E-state index >= 15 is 0 Å². The van der Waals surface area contributed by atoms with E-state index in [9.17, 15) is 4.79 Å². The zero-order chi connectivity index (χ0) is 11.1. The van der Waals surface area contributed by atoms with Gasteiger partial charge in [0.2, 0.25) is 0 Å². The second-order valence-electron chi connectivity index (χ2n) is 4.88. The third kappa shape index (κ3) is 2.29. The topological polar surface area (TPSA) is 58.6 Å². The summed E-state index contributed by atoms with van der Waals surface area (Å²) in [5, 5.41) is 12.2. The standard InChI is InChI=1S/C10H17NO3S/c1-9(2)6-10(3-4-14-9)11-7(5-15-10)8(12)13/h7,11H,3-6H2,1-2H3,(H,12,13)/t7-,10?/m0/s1. The molecule has 86 valence electrons. The molecule has 2 aliphatic heterocycles. The molecule has 0 radical (unpaired) electrons. The molecule has 0 aliphatic carbocycles. The zero-order valence-electron chi connectivity index (χ0n) is 9.08. The van der Waals surface area contributed by atoms with Crippen molar-refractivity contribution in [1.82, 2.24) is 5.32 Å².